The van der Waals surface area contributed by atoms with Gasteiger partial charge in [-0.15, -0.1) is 11.3 Å². The molecule has 0 saturated heterocycles. The fourth-order valence-electron chi connectivity index (χ4n) is 3.16. The Morgan fingerprint density at radius 3 is 2.91 bits per heavy atom. The molecule has 0 fully saturated rings. The Labute approximate surface area is 137 Å². The molecule has 1 aliphatic heterocycles. The molecule has 1 aliphatic rings. The summed E-state index contributed by atoms with van der Waals surface area (Å²) in [5.74, 6) is 0.745. The van der Waals surface area contributed by atoms with E-state index in [4.69, 9.17) is 0 Å². The maximum Gasteiger partial charge on any atom is 0.281 e. The summed E-state index contributed by atoms with van der Waals surface area (Å²) >= 11 is 1.63. The predicted molar refractivity (Wildman–Crippen MR) is 93.1 cm³/mol. The first-order valence-electron chi connectivity index (χ1n) is 7.62. The third-order valence-corrected chi connectivity index (χ3v) is 5.55. The van der Waals surface area contributed by atoms with Crippen molar-refractivity contribution in [2.75, 3.05) is 0 Å². The zero-order valence-electron chi connectivity index (χ0n) is 13.0. The lowest BCUT2D eigenvalue weighted by molar-refractivity contribution is 0.416. The summed E-state index contributed by atoms with van der Waals surface area (Å²) in [6.45, 7) is 4.39. The Morgan fingerprint density at radius 2 is 2.17 bits per heavy atom. The topological polar surface area (TPSA) is 55.1 Å². The lowest BCUT2D eigenvalue weighted by Crippen LogP contribution is -2.23. The number of thiophene rings is 1. The molecule has 1 aromatic carbocycles. The van der Waals surface area contributed by atoms with Crippen molar-refractivity contribution >= 4 is 27.1 Å². The first-order chi connectivity index (χ1) is 11.1. The van der Waals surface area contributed by atoms with Gasteiger partial charge in [-0.05, 0) is 30.5 Å². The molecule has 2 aromatic heterocycles. The van der Waals surface area contributed by atoms with Gasteiger partial charge in [-0.3, -0.25) is 4.79 Å². The van der Waals surface area contributed by atoms with Gasteiger partial charge in [0, 0.05) is 4.88 Å². The molecule has 0 saturated carbocycles. The summed E-state index contributed by atoms with van der Waals surface area (Å²) < 4.78 is 2.05. The van der Waals surface area contributed by atoms with E-state index in [-0.39, 0.29) is 11.3 Å². The van der Waals surface area contributed by atoms with E-state index in [1.807, 2.05) is 24.3 Å². The Morgan fingerprint density at radius 1 is 1.39 bits per heavy atom. The van der Waals surface area contributed by atoms with Crippen LogP contribution in [0.5, 0.6) is 0 Å². The second kappa shape index (κ2) is 5.06. The number of nitrogens with zero attached hydrogens (tertiary/aromatic N) is 2. The quantitative estimate of drug-likeness (QED) is 0.543. The monoisotopic (exact) mass is 324 g/mol. The van der Waals surface area contributed by atoms with Gasteiger partial charge in [-0.1, -0.05) is 31.2 Å². The highest BCUT2D eigenvalue weighted by Crippen LogP contribution is 2.35. The van der Waals surface area contributed by atoms with E-state index >= 15 is 0 Å². The van der Waals surface area contributed by atoms with Crippen molar-refractivity contribution in [2.45, 2.75) is 26.8 Å². The molecule has 4 nitrogen and oxygen atoms in total. The van der Waals surface area contributed by atoms with Crippen LogP contribution in [0.15, 0.2) is 40.9 Å². The van der Waals surface area contributed by atoms with Crippen molar-refractivity contribution in [1.29, 1.82) is 0 Å². The molecule has 0 radical (unpaired) electrons. The van der Waals surface area contributed by atoms with Crippen LogP contribution in [0.2, 0.25) is 0 Å². The molecule has 3 aromatic rings. The molecule has 1 N–H and O–H groups in total. The number of hydrogen-bond donors (Lipinski definition) is 1. The number of aliphatic hydroxyl groups is 1. The summed E-state index contributed by atoms with van der Waals surface area (Å²) in [4.78, 5) is 18.8. The van der Waals surface area contributed by atoms with Gasteiger partial charge in [0.25, 0.3) is 5.56 Å². The van der Waals surface area contributed by atoms with E-state index in [9.17, 15) is 9.90 Å². The highest BCUT2D eigenvalue weighted by atomic mass is 32.1. The van der Waals surface area contributed by atoms with E-state index in [0.29, 0.717) is 23.3 Å². The molecule has 0 amide bonds. The molecule has 4 rings (SSSR count). The van der Waals surface area contributed by atoms with Crippen LogP contribution < -0.4 is 5.56 Å². The van der Waals surface area contributed by atoms with Gasteiger partial charge in [0.05, 0.1) is 17.5 Å². The fraction of sp³-hybridized carbons (Fsp3) is 0.222. The molecule has 0 aliphatic carbocycles. The van der Waals surface area contributed by atoms with E-state index in [1.165, 1.54) is 4.88 Å². The zero-order chi connectivity index (χ0) is 16.1. The summed E-state index contributed by atoms with van der Waals surface area (Å²) in [6.07, 6.45) is 0.895. The molecule has 0 bridgehead atoms. The van der Waals surface area contributed by atoms with Crippen molar-refractivity contribution in [3.05, 3.63) is 68.3 Å². The van der Waals surface area contributed by atoms with Crippen LogP contribution in [-0.4, -0.2) is 14.7 Å². The standard InChI is InChI=1S/C18H16N2O2S/c1-3-12-8-14-17(22)19-16-15(10(2)21)13-7-5-4-6-11(13)9-20(16)18(14)23-12/h4-8,21H,3,9H2,1-2H3/b15-10-. The predicted octanol–water partition coefficient (Wildman–Crippen LogP) is 3.72. The van der Waals surface area contributed by atoms with Crippen molar-refractivity contribution in [2.24, 2.45) is 0 Å². The van der Waals surface area contributed by atoms with E-state index in [1.54, 1.807) is 18.3 Å². The van der Waals surface area contributed by atoms with Gasteiger partial charge in [0.2, 0.25) is 0 Å². The summed E-state index contributed by atoms with van der Waals surface area (Å²) in [5, 5.41) is 10.9. The second-order valence-corrected chi connectivity index (χ2v) is 6.84. The Balaban J connectivity index is 2.12. The van der Waals surface area contributed by atoms with Crippen LogP contribution in [0.1, 0.15) is 35.7 Å². The molecule has 116 valence electrons. The molecule has 23 heavy (non-hydrogen) atoms. The number of fused-ring (bicyclic) bond motifs is 4. The average molecular weight is 324 g/mol. The number of aromatic nitrogens is 2. The van der Waals surface area contributed by atoms with Gasteiger partial charge in [-0.2, -0.15) is 4.98 Å². The SMILES string of the molecule is CCc1cc2c(=O)nc3n(c2s1)Cc1ccccc1/C3=C(\C)O. The molecular weight excluding hydrogens is 308 g/mol. The average Bonchev–Trinajstić information content (AvgIpc) is 2.98. The zero-order valence-corrected chi connectivity index (χ0v) is 13.8. The number of benzene rings is 1. The number of hydrogen-bond acceptors (Lipinski definition) is 4. The summed E-state index contributed by atoms with van der Waals surface area (Å²) in [6, 6.07) is 9.90. The third-order valence-electron chi connectivity index (χ3n) is 4.25. The maximum absolute atomic E-state index is 12.4. The Bertz CT molecular complexity index is 1020. The molecule has 0 spiro atoms. The minimum atomic E-state index is -0.222. The highest BCUT2D eigenvalue weighted by molar-refractivity contribution is 7.18. The van der Waals surface area contributed by atoms with Crippen molar-refractivity contribution < 1.29 is 5.11 Å². The molecular formula is C18H16N2O2S. The van der Waals surface area contributed by atoms with Crippen molar-refractivity contribution in [3.63, 3.8) is 0 Å². The lowest BCUT2D eigenvalue weighted by Gasteiger charge is -2.24. The Hall–Kier alpha value is -2.40. The van der Waals surface area contributed by atoms with Crippen LogP contribution in [0.25, 0.3) is 15.8 Å². The largest absolute Gasteiger partial charge is 0.512 e. The first kappa shape index (κ1) is 14.2. The number of rotatable bonds is 1. The number of aryl methyl sites for hydroxylation is 1. The van der Waals surface area contributed by atoms with E-state index in [0.717, 1.165) is 22.4 Å². The van der Waals surface area contributed by atoms with Gasteiger partial charge in [0.1, 0.15) is 16.4 Å². The molecule has 3 heterocycles. The maximum atomic E-state index is 12.4. The van der Waals surface area contributed by atoms with Crippen molar-refractivity contribution in [3.8, 4) is 0 Å². The second-order valence-electron chi connectivity index (χ2n) is 5.73. The molecule has 0 atom stereocenters. The van der Waals surface area contributed by atoms with Crippen LogP contribution in [-0.2, 0) is 13.0 Å². The van der Waals surface area contributed by atoms with Gasteiger partial charge < -0.3 is 9.67 Å². The smallest absolute Gasteiger partial charge is 0.281 e. The fourth-order valence-corrected chi connectivity index (χ4v) is 4.25. The summed E-state index contributed by atoms with van der Waals surface area (Å²) in [5.41, 5.74) is 2.50. The number of aliphatic hydroxyl groups excluding tert-OH is 1. The Kier molecular flexibility index (Phi) is 3.13. The van der Waals surface area contributed by atoms with Crippen LogP contribution >= 0.6 is 11.3 Å². The summed E-state index contributed by atoms with van der Waals surface area (Å²) in [7, 11) is 0. The van der Waals surface area contributed by atoms with Crippen LogP contribution in [0.4, 0.5) is 0 Å². The van der Waals surface area contributed by atoms with Crippen molar-refractivity contribution in [1.82, 2.24) is 9.55 Å². The lowest BCUT2D eigenvalue weighted by atomic mass is 9.94. The number of allylic oxidation sites excluding steroid dienone is 1. The first-order valence-corrected chi connectivity index (χ1v) is 8.43. The molecule has 0 unspecified atom stereocenters. The normalized spacial score (nSPS) is 15.4. The van der Waals surface area contributed by atoms with Crippen LogP contribution in [0.3, 0.4) is 0 Å². The van der Waals surface area contributed by atoms with E-state index < -0.39 is 0 Å². The highest BCUT2D eigenvalue weighted by Gasteiger charge is 2.26. The molecule has 5 heteroatoms. The minimum Gasteiger partial charge on any atom is -0.512 e. The van der Waals surface area contributed by atoms with Crippen LogP contribution in [0, 0.1) is 0 Å². The van der Waals surface area contributed by atoms with Gasteiger partial charge >= 0.3 is 0 Å². The van der Waals surface area contributed by atoms with Gasteiger partial charge in [0.15, 0.2) is 0 Å². The minimum absolute atomic E-state index is 0.185. The third kappa shape index (κ3) is 2.04. The van der Waals surface area contributed by atoms with E-state index in [2.05, 4.69) is 22.5 Å². The van der Waals surface area contributed by atoms with Gasteiger partial charge in [-0.25, -0.2) is 0 Å².